The Morgan fingerprint density at radius 3 is 2.77 bits per heavy atom. The normalized spacial score (nSPS) is 10.9. The highest BCUT2D eigenvalue weighted by Gasteiger charge is 2.06. The van der Waals surface area contributed by atoms with Crippen LogP contribution in [0.3, 0.4) is 0 Å². The summed E-state index contributed by atoms with van der Waals surface area (Å²) in [5, 5.41) is 8.48. The van der Waals surface area contributed by atoms with Crippen molar-refractivity contribution in [1.82, 2.24) is 4.98 Å². The van der Waals surface area contributed by atoms with Gasteiger partial charge in [-0.25, -0.2) is 4.79 Å². The third-order valence-corrected chi connectivity index (χ3v) is 1.32. The lowest BCUT2D eigenvalue weighted by atomic mass is 10.2. The second-order valence-corrected chi connectivity index (χ2v) is 2.22. The molecule has 0 spiro atoms. The van der Waals surface area contributed by atoms with Crippen molar-refractivity contribution in [3.05, 3.63) is 35.7 Å². The lowest BCUT2D eigenvalue weighted by Gasteiger charge is -1.91. The molecule has 4 nitrogen and oxygen atoms in total. The Morgan fingerprint density at radius 1 is 1.54 bits per heavy atom. The molecule has 0 bridgehead atoms. The maximum atomic E-state index is 10.4. The Hall–Kier alpha value is -1.97. The Bertz CT molecular complexity index is 343. The summed E-state index contributed by atoms with van der Waals surface area (Å²) in [4.78, 5) is 24.4. The SMILES string of the molecule is O=[C]C(=Cc1ccccn1)C(=O)O. The summed E-state index contributed by atoms with van der Waals surface area (Å²) in [5.74, 6) is -1.30. The molecule has 0 aliphatic rings. The third-order valence-electron chi connectivity index (χ3n) is 1.32. The van der Waals surface area contributed by atoms with Crippen LogP contribution in [0.4, 0.5) is 0 Å². The van der Waals surface area contributed by atoms with Crippen molar-refractivity contribution in [3.8, 4) is 0 Å². The summed E-state index contributed by atoms with van der Waals surface area (Å²) in [6.45, 7) is 0. The monoisotopic (exact) mass is 176 g/mol. The molecule has 1 aromatic heterocycles. The molecule has 1 heterocycles. The summed E-state index contributed by atoms with van der Waals surface area (Å²) in [6.07, 6.45) is 3.99. The van der Waals surface area contributed by atoms with Gasteiger partial charge in [-0.05, 0) is 18.2 Å². The number of nitrogens with zero attached hydrogens (tertiary/aromatic N) is 1. The number of carboxylic acid groups (broad SMARTS) is 1. The van der Waals surface area contributed by atoms with Crippen molar-refractivity contribution in [2.24, 2.45) is 0 Å². The van der Waals surface area contributed by atoms with Crippen molar-refractivity contribution >= 4 is 18.3 Å². The van der Waals surface area contributed by atoms with E-state index in [1.807, 2.05) is 0 Å². The largest absolute Gasteiger partial charge is 0.478 e. The van der Waals surface area contributed by atoms with E-state index in [-0.39, 0.29) is 0 Å². The predicted octanol–water partition coefficient (Wildman–Crippen LogP) is 0.659. The van der Waals surface area contributed by atoms with Gasteiger partial charge in [0.05, 0.1) is 5.69 Å². The second-order valence-electron chi connectivity index (χ2n) is 2.22. The molecule has 1 radical (unpaired) electrons. The van der Waals surface area contributed by atoms with E-state index in [0.717, 1.165) is 6.08 Å². The maximum Gasteiger partial charge on any atom is 0.339 e. The van der Waals surface area contributed by atoms with Crippen molar-refractivity contribution in [3.63, 3.8) is 0 Å². The Morgan fingerprint density at radius 2 is 2.31 bits per heavy atom. The van der Waals surface area contributed by atoms with Crippen molar-refractivity contribution in [2.45, 2.75) is 0 Å². The third kappa shape index (κ3) is 2.52. The second kappa shape index (κ2) is 4.15. The van der Waals surface area contributed by atoms with Gasteiger partial charge in [0.25, 0.3) is 0 Å². The zero-order valence-electron chi connectivity index (χ0n) is 6.60. The minimum Gasteiger partial charge on any atom is -0.478 e. The smallest absolute Gasteiger partial charge is 0.339 e. The first-order valence-electron chi connectivity index (χ1n) is 3.48. The fraction of sp³-hybridized carbons (Fsp3) is 0. The first-order chi connectivity index (χ1) is 6.24. The van der Waals surface area contributed by atoms with Crippen LogP contribution in [0.2, 0.25) is 0 Å². The molecule has 65 valence electrons. The molecular weight excluding hydrogens is 170 g/mol. The minimum atomic E-state index is -1.30. The van der Waals surface area contributed by atoms with Crippen LogP contribution in [0.25, 0.3) is 6.08 Å². The van der Waals surface area contributed by atoms with Gasteiger partial charge >= 0.3 is 5.97 Å². The standard InChI is InChI=1S/C9H6NO3/c11-6-7(9(12)13)5-8-3-1-2-4-10-8/h1-5H,(H,12,13). The summed E-state index contributed by atoms with van der Waals surface area (Å²) in [7, 11) is 0. The molecule has 1 rings (SSSR count). The molecular formula is C9H6NO3. The molecule has 0 aliphatic carbocycles. The lowest BCUT2D eigenvalue weighted by Crippen LogP contribution is -2.01. The van der Waals surface area contributed by atoms with Gasteiger partial charge in [0.2, 0.25) is 6.29 Å². The summed E-state index contributed by atoms with van der Waals surface area (Å²) < 4.78 is 0. The highest BCUT2D eigenvalue weighted by molar-refractivity contribution is 6.10. The van der Waals surface area contributed by atoms with Gasteiger partial charge in [-0.15, -0.1) is 0 Å². The molecule has 1 aromatic rings. The van der Waals surface area contributed by atoms with Gasteiger partial charge in [-0.3, -0.25) is 9.78 Å². The fourth-order valence-electron chi connectivity index (χ4n) is 0.744. The molecule has 4 heteroatoms. The number of aliphatic carboxylic acids is 1. The van der Waals surface area contributed by atoms with Gasteiger partial charge in [-0.2, -0.15) is 0 Å². The zero-order valence-corrected chi connectivity index (χ0v) is 6.60. The highest BCUT2D eigenvalue weighted by Crippen LogP contribution is 2.01. The molecule has 13 heavy (non-hydrogen) atoms. The molecule has 1 N–H and O–H groups in total. The van der Waals surface area contributed by atoms with Crippen molar-refractivity contribution < 1.29 is 14.7 Å². The summed E-state index contributed by atoms with van der Waals surface area (Å²) >= 11 is 0. The van der Waals surface area contributed by atoms with Crippen LogP contribution in [0.1, 0.15) is 5.69 Å². The van der Waals surface area contributed by atoms with Gasteiger partial charge in [0.15, 0.2) is 0 Å². The van der Waals surface area contributed by atoms with E-state index in [1.54, 1.807) is 18.2 Å². The molecule has 0 aromatic carbocycles. The Balaban J connectivity index is 2.98. The van der Waals surface area contributed by atoms with Gasteiger partial charge in [-0.1, -0.05) is 6.07 Å². The molecule has 0 unspecified atom stereocenters. The number of hydrogen-bond donors (Lipinski definition) is 1. The van der Waals surface area contributed by atoms with Crippen LogP contribution < -0.4 is 0 Å². The minimum absolute atomic E-state index is 0.420. The summed E-state index contributed by atoms with van der Waals surface area (Å²) in [6, 6.07) is 4.99. The van der Waals surface area contributed by atoms with Gasteiger partial charge in [0.1, 0.15) is 5.57 Å². The lowest BCUT2D eigenvalue weighted by molar-refractivity contribution is -0.131. The number of hydrogen-bond acceptors (Lipinski definition) is 3. The fourth-order valence-corrected chi connectivity index (χ4v) is 0.744. The van der Waals surface area contributed by atoms with Crippen molar-refractivity contribution in [2.75, 3.05) is 0 Å². The number of carbonyl (C=O) groups excluding carboxylic acids is 1. The predicted molar refractivity (Wildman–Crippen MR) is 45.5 cm³/mol. The molecule has 0 aliphatic heterocycles. The zero-order chi connectivity index (χ0) is 9.68. The van der Waals surface area contributed by atoms with Crippen molar-refractivity contribution in [1.29, 1.82) is 0 Å². The van der Waals surface area contributed by atoms with Crippen LogP contribution in [-0.2, 0) is 9.59 Å². The van der Waals surface area contributed by atoms with Crippen LogP contribution in [0.5, 0.6) is 0 Å². The number of aromatic nitrogens is 1. The van der Waals surface area contributed by atoms with E-state index in [2.05, 4.69) is 4.98 Å². The number of pyridine rings is 1. The van der Waals surface area contributed by atoms with E-state index in [1.165, 1.54) is 12.5 Å². The molecule has 0 saturated carbocycles. The quantitative estimate of drug-likeness (QED) is 0.417. The van der Waals surface area contributed by atoms with Gasteiger partial charge in [0, 0.05) is 6.20 Å². The van der Waals surface area contributed by atoms with Gasteiger partial charge < -0.3 is 5.11 Å². The number of carbonyl (C=O) groups is 1. The molecule has 0 atom stereocenters. The molecule has 0 saturated heterocycles. The van der Waals surface area contributed by atoms with Crippen LogP contribution in [0, 0.1) is 0 Å². The highest BCUT2D eigenvalue weighted by atomic mass is 16.4. The van der Waals surface area contributed by atoms with Crippen LogP contribution >= 0.6 is 0 Å². The van der Waals surface area contributed by atoms with E-state index in [4.69, 9.17) is 5.11 Å². The maximum absolute atomic E-state index is 10.4. The summed E-state index contributed by atoms with van der Waals surface area (Å²) in [5.41, 5.74) is -0.0121. The molecule has 0 amide bonds. The average molecular weight is 176 g/mol. The van der Waals surface area contributed by atoms with E-state index >= 15 is 0 Å². The van der Waals surface area contributed by atoms with Crippen LogP contribution in [0.15, 0.2) is 30.0 Å². The Kier molecular flexibility index (Phi) is 2.92. The topological polar surface area (TPSA) is 67.3 Å². The average Bonchev–Trinajstić information content (AvgIpc) is 2.15. The number of carboxylic acids is 1. The van der Waals surface area contributed by atoms with E-state index in [9.17, 15) is 9.59 Å². The Labute approximate surface area is 74.5 Å². The van der Waals surface area contributed by atoms with Crippen LogP contribution in [-0.4, -0.2) is 22.3 Å². The van der Waals surface area contributed by atoms with E-state index < -0.39 is 11.5 Å². The van der Waals surface area contributed by atoms with E-state index in [0.29, 0.717) is 5.69 Å². The first-order valence-corrected chi connectivity index (χ1v) is 3.48. The first kappa shape index (κ1) is 9.12. The number of rotatable bonds is 3. The molecule has 0 fully saturated rings.